The molecule has 0 saturated carbocycles. The van der Waals surface area contributed by atoms with Crippen molar-refractivity contribution in [1.82, 2.24) is 10.6 Å². The van der Waals surface area contributed by atoms with Crippen molar-refractivity contribution in [3.8, 4) is 0 Å². The molecule has 0 saturated heterocycles. The molecule has 2 aromatic rings. The third kappa shape index (κ3) is 9.66. The first kappa shape index (κ1) is 23.0. The lowest BCUT2D eigenvalue weighted by Crippen LogP contribution is -2.36. The van der Waals surface area contributed by atoms with Crippen LogP contribution in [0.3, 0.4) is 0 Å². The van der Waals surface area contributed by atoms with Crippen LogP contribution in [0.5, 0.6) is 0 Å². The predicted molar refractivity (Wildman–Crippen MR) is 122 cm³/mol. The van der Waals surface area contributed by atoms with Gasteiger partial charge in [0.05, 0.1) is 5.25 Å². The van der Waals surface area contributed by atoms with Crippen molar-refractivity contribution in [1.29, 1.82) is 0 Å². The van der Waals surface area contributed by atoms with E-state index in [1.807, 2.05) is 60.7 Å². The Hall–Kier alpha value is -2.27. The molecule has 0 radical (unpaired) electrons. The molecule has 2 amide bonds. The first-order chi connectivity index (χ1) is 14.2. The fraction of sp³-hybridized carbons (Fsp3) is 0.417. The largest absolute Gasteiger partial charge is 0.352 e. The molecule has 4 nitrogen and oxygen atoms in total. The van der Waals surface area contributed by atoms with E-state index in [1.54, 1.807) is 11.8 Å². The minimum atomic E-state index is -0.365. The molecule has 2 N–H and O–H groups in total. The summed E-state index contributed by atoms with van der Waals surface area (Å²) < 4.78 is 0. The molecule has 0 aliphatic heterocycles. The number of carbonyl (C=O) groups is 2. The number of hydrogen-bond acceptors (Lipinski definition) is 3. The maximum atomic E-state index is 12.7. The number of carbonyl (C=O) groups excluding carboxylic acids is 2. The minimum absolute atomic E-state index is 0.0656. The summed E-state index contributed by atoms with van der Waals surface area (Å²) in [6, 6.07) is 19.7. The highest BCUT2D eigenvalue weighted by atomic mass is 32.2. The number of benzene rings is 2. The molecule has 0 fully saturated rings. The number of nitrogens with one attached hydrogen (secondary N) is 2. The third-order valence-electron chi connectivity index (χ3n) is 4.62. The molecular weight excluding hydrogens is 380 g/mol. The lowest BCUT2D eigenvalue weighted by Gasteiger charge is -2.17. The molecule has 0 aliphatic carbocycles. The summed E-state index contributed by atoms with van der Waals surface area (Å²) in [5, 5.41) is 5.56. The Balaban J connectivity index is 1.84. The van der Waals surface area contributed by atoms with E-state index in [2.05, 4.69) is 17.6 Å². The molecule has 0 heterocycles. The highest BCUT2D eigenvalue weighted by molar-refractivity contribution is 8.00. The first-order valence-electron chi connectivity index (χ1n) is 10.4. The summed E-state index contributed by atoms with van der Waals surface area (Å²) in [5.74, 6) is 0.744. The van der Waals surface area contributed by atoms with Crippen molar-refractivity contribution in [2.45, 2.75) is 57.4 Å². The zero-order valence-corrected chi connectivity index (χ0v) is 18.0. The van der Waals surface area contributed by atoms with E-state index in [0.717, 1.165) is 23.3 Å². The first-order valence-corrected chi connectivity index (χ1v) is 11.5. The van der Waals surface area contributed by atoms with Gasteiger partial charge in [0.2, 0.25) is 11.8 Å². The summed E-state index contributed by atoms with van der Waals surface area (Å²) >= 11 is 1.59. The molecule has 29 heavy (non-hydrogen) atoms. The van der Waals surface area contributed by atoms with Crippen LogP contribution in [0.25, 0.3) is 0 Å². The van der Waals surface area contributed by atoms with Crippen LogP contribution in [0, 0.1) is 0 Å². The standard InChI is InChI=1S/C24H32N2O2S/c1-2-3-4-11-16-29-22(24(28)26-19-21-14-9-6-10-15-21)17-23(27)25-18-20-12-7-5-8-13-20/h5-10,12-15,22H,2-4,11,16-19H2,1H3,(H,25,27)(H,26,28)/t22-/m0/s1. The van der Waals surface area contributed by atoms with Crippen molar-refractivity contribution in [2.24, 2.45) is 0 Å². The number of thioether (sulfide) groups is 1. The van der Waals surface area contributed by atoms with Crippen LogP contribution < -0.4 is 10.6 Å². The van der Waals surface area contributed by atoms with Gasteiger partial charge in [-0.2, -0.15) is 0 Å². The normalized spacial score (nSPS) is 11.6. The summed E-state index contributed by atoms with van der Waals surface area (Å²) in [4.78, 5) is 25.2. The van der Waals surface area contributed by atoms with Gasteiger partial charge >= 0.3 is 0 Å². The number of rotatable bonds is 13. The number of amides is 2. The monoisotopic (exact) mass is 412 g/mol. The average molecular weight is 413 g/mol. The quantitative estimate of drug-likeness (QED) is 0.469. The van der Waals surface area contributed by atoms with Crippen LogP contribution in [0.4, 0.5) is 0 Å². The maximum Gasteiger partial charge on any atom is 0.233 e. The molecule has 1 atom stereocenters. The molecule has 5 heteroatoms. The van der Waals surface area contributed by atoms with Crippen LogP contribution in [0.1, 0.15) is 50.2 Å². The van der Waals surface area contributed by atoms with Gasteiger partial charge in [0, 0.05) is 19.5 Å². The summed E-state index contributed by atoms with van der Waals surface area (Å²) in [7, 11) is 0. The third-order valence-corrected chi connectivity index (χ3v) is 5.93. The summed E-state index contributed by atoms with van der Waals surface area (Å²) in [6.07, 6.45) is 4.84. The molecule has 0 spiro atoms. The van der Waals surface area contributed by atoms with Gasteiger partial charge in [-0.1, -0.05) is 86.8 Å². The van der Waals surface area contributed by atoms with Crippen LogP contribution in [0.2, 0.25) is 0 Å². The summed E-state index contributed by atoms with van der Waals surface area (Å²) in [5.41, 5.74) is 2.11. The van der Waals surface area contributed by atoms with Crippen molar-refractivity contribution in [2.75, 3.05) is 5.75 Å². The Labute approximate surface area is 178 Å². The zero-order valence-electron chi connectivity index (χ0n) is 17.2. The van der Waals surface area contributed by atoms with E-state index in [1.165, 1.54) is 19.3 Å². The van der Waals surface area contributed by atoms with Gasteiger partial charge < -0.3 is 10.6 Å². The Kier molecular flexibility index (Phi) is 11.0. The molecule has 156 valence electrons. The minimum Gasteiger partial charge on any atom is -0.352 e. The van der Waals surface area contributed by atoms with Crippen LogP contribution in [-0.4, -0.2) is 22.8 Å². The molecular formula is C24H32N2O2S. The fourth-order valence-corrected chi connectivity index (χ4v) is 4.08. The van der Waals surface area contributed by atoms with Crippen molar-refractivity contribution < 1.29 is 9.59 Å². The molecule has 2 rings (SSSR count). The predicted octanol–water partition coefficient (Wildman–Crippen LogP) is 4.69. The lowest BCUT2D eigenvalue weighted by atomic mass is 10.2. The van der Waals surface area contributed by atoms with Crippen molar-refractivity contribution in [3.63, 3.8) is 0 Å². The second kappa shape index (κ2) is 13.8. The Morgan fingerprint density at radius 3 is 2.00 bits per heavy atom. The van der Waals surface area contributed by atoms with Crippen molar-refractivity contribution >= 4 is 23.6 Å². The summed E-state index contributed by atoms with van der Waals surface area (Å²) in [6.45, 7) is 3.15. The molecule has 0 bridgehead atoms. The van der Waals surface area contributed by atoms with Crippen LogP contribution in [-0.2, 0) is 22.7 Å². The average Bonchev–Trinajstić information content (AvgIpc) is 2.76. The van der Waals surface area contributed by atoms with Crippen LogP contribution in [0.15, 0.2) is 60.7 Å². The number of unbranched alkanes of at least 4 members (excludes halogenated alkanes) is 3. The Morgan fingerprint density at radius 2 is 1.41 bits per heavy atom. The van der Waals surface area contributed by atoms with Gasteiger partial charge in [0.25, 0.3) is 0 Å². The van der Waals surface area contributed by atoms with E-state index in [-0.39, 0.29) is 23.5 Å². The highest BCUT2D eigenvalue weighted by Gasteiger charge is 2.22. The van der Waals surface area contributed by atoms with Gasteiger partial charge in [0.15, 0.2) is 0 Å². The van der Waals surface area contributed by atoms with E-state index in [4.69, 9.17) is 0 Å². The number of hydrogen-bond donors (Lipinski definition) is 2. The van der Waals surface area contributed by atoms with Gasteiger partial charge in [-0.05, 0) is 23.3 Å². The lowest BCUT2D eigenvalue weighted by molar-refractivity contribution is -0.126. The smallest absolute Gasteiger partial charge is 0.233 e. The second-order valence-corrected chi connectivity index (χ2v) is 8.40. The van der Waals surface area contributed by atoms with E-state index in [9.17, 15) is 9.59 Å². The van der Waals surface area contributed by atoms with Gasteiger partial charge in [-0.15, -0.1) is 11.8 Å². The van der Waals surface area contributed by atoms with E-state index in [0.29, 0.717) is 13.1 Å². The fourth-order valence-electron chi connectivity index (χ4n) is 2.92. The van der Waals surface area contributed by atoms with E-state index < -0.39 is 0 Å². The molecule has 2 aromatic carbocycles. The van der Waals surface area contributed by atoms with Crippen molar-refractivity contribution in [3.05, 3.63) is 71.8 Å². The molecule has 0 unspecified atom stereocenters. The van der Waals surface area contributed by atoms with E-state index >= 15 is 0 Å². The Bertz CT molecular complexity index is 722. The highest BCUT2D eigenvalue weighted by Crippen LogP contribution is 2.18. The second-order valence-electron chi connectivity index (χ2n) is 7.09. The zero-order chi connectivity index (χ0) is 20.7. The topological polar surface area (TPSA) is 58.2 Å². The molecule has 0 aliphatic rings. The van der Waals surface area contributed by atoms with Gasteiger partial charge in [0.1, 0.15) is 0 Å². The van der Waals surface area contributed by atoms with Gasteiger partial charge in [-0.3, -0.25) is 9.59 Å². The van der Waals surface area contributed by atoms with Crippen LogP contribution >= 0.6 is 11.8 Å². The Morgan fingerprint density at radius 1 is 0.828 bits per heavy atom. The molecule has 0 aromatic heterocycles. The maximum absolute atomic E-state index is 12.7. The van der Waals surface area contributed by atoms with Gasteiger partial charge in [-0.25, -0.2) is 0 Å². The SMILES string of the molecule is CCCCCCS[C@@H](CC(=O)NCc1ccccc1)C(=O)NCc1ccccc1.